The summed E-state index contributed by atoms with van der Waals surface area (Å²) < 4.78 is 1.99. The summed E-state index contributed by atoms with van der Waals surface area (Å²) in [6.45, 7) is 4.08. The van der Waals surface area contributed by atoms with E-state index in [4.69, 9.17) is 5.73 Å². The van der Waals surface area contributed by atoms with E-state index in [-0.39, 0.29) is 0 Å². The maximum Gasteiger partial charge on any atom is 0.248 e. The molecule has 1 aliphatic rings. The van der Waals surface area contributed by atoms with Crippen LogP contribution in [0.2, 0.25) is 0 Å². The number of imidazole rings is 1. The first-order valence-corrected chi connectivity index (χ1v) is 9.15. The molecule has 1 amide bonds. The van der Waals surface area contributed by atoms with E-state index in [1.807, 2.05) is 29.8 Å². The molecule has 4 rings (SSSR count). The van der Waals surface area contributed by atoms with Gasteiger partial charge in [0.15, 0.2) is 11.5 Å². The average Bonchev–Trinajstić information content (AvgIpc) is 3.37. The van der Waals surface area contributed by atoms with Crippen LogP contribution in [0, 0.1) is 6.92 Å². The van der Waals surface area contributed by atoms with E-state index in [2.05, 4.69) is 15.3 Å². The molecule has 1 aliphatic carbocycles. The number of aromatic nitrogens is 3. The standard InChI is InChI=1S/C20H23N5O2/c1-11(26)9-23-19-20-24-10-16(25(20)8-7-22-19)15-6-5-14(18(21)27)12(2)17(15)13-3-4-13/h5-8,10-11,13,26H,3-4,9H2,1-2H3,(H2,21,27)(H,22,23). The quantitative estimate of drug-likeness (QED) is 0.622. The van der Waals surface area contributed by atoms with Crippen LogP contribution in [0.15, 0.2) is 30.7 Å². The number of hydrogen-bond acceptors (Lipinski definition) is 5. The van der Waals surface area contributed by atoms with Crippen molar-refractivity contribution in [2.75, 3.05) is 11.9 Å². The molecule has 1 aromatic carbocycles. The van der Waals surface area contributed by atoms with E-state index in [9.17, 15) is 9.90 Å². The molecule has 27 heavy (non-hydrogen) atoms. The number of aliphatic hydroxyl groups is 1. The lowest BCUT2D eigenvalue weighted by molar-refractivity contribution is 0.0999. The highest BCUT2D eigenvalue weighted by Gasteiger charge is 2.30. The van der Waals surface area contributed by atoms with Crippen molar-refractivity contribution < 1.29 is 9.90 Å². The summed E-state index contributed by atoms with van der Waals surface area (Å²) in [5, 5.41) is 12.7. The summed E-state index contributed by atoms with van der Waals surface area (Å²) in [5.41, 5.74) is 11.0. The second-order valence-corrected chi connectivity index (χ2v) is 7.18. The van der Waals surface area contributed by atoms with Gasteiger partial charge in [-0.2, -0.15) is 0 Å². The molecule has 2 aromatic heterocycles. The topological polar surface area (TPSA) is 106 Å². The summed E-state index contributed by atoms with van der Waals surface area (Å²) >= 11 is 0. The zero-order chi connectivity index (χ0) is 19.1. The lowest BCUT2D eigenvalue weighted by Crippen LogP contribution is -2.16. The van der Waals surface area contributed by atoms with Crippen LogP contribution in [-0.2, 0) is 0 Å². The fourth-order valence-corrected chi connectivity index (χ4v) is 3.60. The first-order chi connectivity index (χ1) is 13.0. The molecule has 0 spiro atoms. The molecule has 4 N–H and O–H groups in total. The van der Waals surface area contributed by atoms with Gasteiger partial charge in [-0.3, -0.25) is 9.20 Å². The fourth-order valence-electron chi connectivity index (χ4n) is 3.60. The number of benzene rings is 1. The van der Waals surface area contributed by atoms with Crippen molar-refractivity contribution in [3.8, 4) is 11.3 Å². The van der Waals surface area contributed by atoms with Gasteiger partial charge in [0.1, 0.15) is 0 Å². The molecule has 7 heteroatoms. The second kappa shape index (κ2) is 6.66. The van der Waals surface area contributed by atoms with E-state index < -0.39 is 12.0 Å². The van der Waals surface area contributed by atoms with Crippen LogP contribution in [0.25, 0.3) is 16.9 Å². The van der Waals surface area contributed by atoms with Gasteiger partial charge in [0.25, 0.3) is 0 Å². The molecule has 1 atom stereocenters. The number of primary amides is 1. The number of aliphatic hydroxyl groups excluding tert-OH is 1. The first-order valence-electron chi connectivity index (χ1n) is 9.15. The Hall–Kier alpha value is -2.93. The highest BCUT2D eigenvalue weighted by molar-refractivity contribution is 5.95. The van der Waals surface area contributed by atoms with Crippen LogP contribution in [-0.4, -0.2) is 38.0 Å². The highest BCUT2D eigenvalue weighted by Crippen LogP contribution is 2.46. The lowest BCUT2D eigenvalue weighted by Gasteiger charge is -2.15. The zero-order valence-electron chi connectivity index (χ0n) is 15.4. The van der Waals surface area contributed by atoms with Gasteiger partial charge in [0.05, 0.1) is 18.0 Å². The van der Waals surface area contributed by atoms with Crippen molar-refractivity contribution in [1.82, 2.24) is 14.4 Å². The molecule has 0 radical (unpaired) electrons. The van der Waals surface area contributed by atoms with Crippen molar-refractivity contribution in [3.63, 3.8) is 0 Å². The fraction of sp³-hybridized carbons (Fsp3) is 0.350. The van der Waals surface area contributed by atoms with Crippen LogP contribution in [0.1, 0.15) is 47.2 Å². The molecule has 2 heterocycles. The minimum Gasteiger partial charge on any atom is -0.392 e. The van der Waals surface area contributed by atoms with Crippen molar-refractivity contribution in [1.29, 1.82) is 0 Å². The number of rotatable bonds is 6. The maximum atomic E-state index is 11.8. The summed E-state index contributed by atoms with van der Waals surface area (Å²) in [4.78, 5) is 20.7. The lowest BCUT2D eigenvalue weighted by atomic mass is 9.92. The van der Waals surface area contributed by atoms with Gasteiger partial charge < -0.3 is 16.2 Å². The van der Waals surface area contributed by atoms with Crippen molar-refractivity contribution in [3.05, 3.63) is 47.4 Å². The molecule has 1 unspecified atom stereocenters. The molecular formula is C20H23N5O2. The van der Waals surface area contributed by atoms with Gasteiger partial charge in [0, 0.05) is 30.1 Å². The molecular weight excluding hydrogens is 342 g/mol. The number of amides is 1. The zero-order valence-corrected chi connectivity index (χ0v) is 15.4. The Bertz CT molecular complexity index is 1020. The number of anilines is 1. The minimum absolute atomic E-state index is 0.395. The Morgan fingerprint density at radius 2 is 2.19 bits per heavy atom. The van der Waals surface area contributed by atoms with Gasteiger partial charge in [-0.05, 0) is 49.8 Å². The Morgan fingerprint density at radius 1 is 1.41 bits per heavy atom. The van der Waals surface area contributed by atoms with Crippen LogP contribution in [0.5, 0.6) is 0 Å². The van der Waals surface area contributed by atoms with Crippen molar-refractivity contribution in [2.45, 2.75) is 38.7 Å². The molecule has 3 aromatic rings. The van der Waals surface area contributed by atoms with Crippen LogP contribution >= 0.6 is 0 Å². The molecule has 1 fully saturated rings. The summed E-state index contributed by atoms with van der Waals surface area (Å²) in [6.07, 6.45) is 7.18. The molecule has 7 nitrogen and oxygen atoms in total. The third-order valence-corrected chi connectivity index (χ3v) is 5.03. The third kappa shape index (κ3) is 3.14. The third-order valence-electron chi connectivity index (χ3n) is 5.03. The monoisotopic (exact) mass is 365 g/mol. The van der Waals surface area contributed by atoms with Gasteiger partial charge in [-0.1, -0.05) is 6.07 Å². The van der Waals surface area contributed by atoms with E-state index in [1.165, 1.54) is 5.56 Å². The molecule has 0 saturated heterocycles. The van der Waals surface area contributed by atoms with E-state index in [1.54, 1.807) is 19.2 Å². The van der Waals surface area contributed by atoms with Crippen molar-refractivity contribution >= 4 is 17.4 Å². The Morgan fingerprint density at radius 3 is 2.85 bits per heavy atom. The predicted molar refractivity (Wildman–Crippen MR) is 104 cm³/mol. The average molecular weight is 365 g/mol. The van der Waals surface area contributed by atoms with E-state index >= 15 is 0 Å². The summed E-state index contributed by atoms with van der Waals surface area (Å²) in [6, 6.07) is 3.76. The number of carbonyl (C=O) groups is 1. The highest BCUT2D eigenvalue weighted by atomic mass is 16.3. The normalized spacial score (nSPS) is 15.1. The largest absolute Gasteiger partial charge is 0.392 e. The summed E-state index contributed by atoms with van der Waals surface area (Å²) in [5.74, 6) is 0.690. The van der Waals surface area contributed by atoms with Crippen LogP contribution < -0.4 is 11.1 Å². The van der Waals surface area contributed by atoms with Gasteiger partial charge in [-0.15, -0.1) is 0 Å². The predicted octanol–water partition coefficient (Wildman–Crippen LogP) is 2.47. The number of hydrogen-bond donors (Lipinski definition) is 3. The number of fused-ring (bicyclic) bond motifs is 1. The number of nitrogens with one attached hydrogen (secondary N) is 1. The first kappa shape index (κ1) is 17.5. The van der Waals surface area contributed by atoms with E-state index in [0.717, 1.165) is 29.7 Å². The number of nitrogens with zero attached hydrogens (tertiary/aromatic N) is 3. The minimum atomic E-state index is -0.480. The smallest absolute Gasteiger partial charge is 0.248 e. The van der Waals surface area contributed by atoms with Crippen LogP contribution in [0.3, 0.4) is 0 Å². The Kier molecular flexibility index (Phi) is 4.31. The Labute approximate surface area is 157 Å². The Balaban J connectivity index is 1.85. The van der Waals surface area contributed by atoms with Gasteiger partial charge in [-0.25, -0.2) is 9.97 Å². The van der Waals surface area contributed by atoms with Gasteiger partial charge in [0.2, 0.25) is 5.91 Å². The maximum absolute atomic E-state index is 11.8. The SMILES string of the molecule is Cc1c(C(N)=O)ccc(-c2cnc3c(NCC(C)O)nccn23)c1C1CC1. The molecule has 0 aliphatic heterocycles. The molecule has 140 valence electrons. The summed E-state index contributed by atoms with van der Waals surface area (Å²) in [7, 11) is 0. The molecule has 1 saturated carbocycles. The number of carbonyl (C=O) groups excluding carboxylic acids is 1. The van der Waals surface area contributed by atoms with Crippen molar-refractivity contribution in [2.24, 2.45) is 5.73 Å². The second-order valence-electron chi connectivity index (χ2n) is 7.18. The number of nitrogens with two attached hydrogens (primary N) is 1. The van der Waals surface area contributed by atoms with E-state index in [0.29, 0.717) is 29.5 Å². The molecule has 0 bridgehead atoms. The van der Waals surface area contributed by atoms with Crippen LogP contribution in [0.4, 0.5) is 5.82 Å². The van der Waals surface area contributed by atoms with Gasteiger partial charge >= 0.3 is 0 Å².